The van der Waals surface area contributed by atoms with Crippen molar-refractivity contribution in [1.82, 2.24) is 4.57 Å². The van der Waals surface area contributed by atoms with Crippen LogP contribution in [0.25, 0.3) is 71.3 Å². The lowest BCUT2D eigenvalue weighted by atomic mass is 9.93. The Labute approximate surface area is 303 Å². The van der Waals surface area contributed by atoms with Gasteiger partial charge in [-0.3, -0.25) is 0 Å². The van der Waals surface area contributed by atoms with Gasteiger partial charge in [0, 0.05) is 33.4 Å². The van der Waals surface area contributed by atoms with Gasteiger partial charge in [0.05, 0.1) is 16.7 Å². The molecular weight excluding hydrogens is 629 g/mol. The number of benzene rings is 9. The molecule has 10 aromatic rings. The number of aromatic nitrogens is 1. The monoisotopic (exact) mass is 662 g/mol. The molecule has 0 saturated carbocycles. The van der Waals surface area contributed by atoms with E-state index < -0.39 is 0 Å². The second kappa shape index (κ2) is 12.5. The first kappa shape index (κ1) is 30.0. The molecule has 2 nitrogen and oxygen atoms in total. The summed E-state index contributed by atoms with van der Waals surface area (Å²) in [4.78, 5) is 2.40. The van der Waals surface area contributed by atoms with E-state index in [1.165, 1.54) is 65.6 Å². The first-order chi connectivity index (χ1) is 25.8. The highest BCUT2D eigenvalue weighted by Gasteiger charge is 2.20. The first-order valence-corrected chi connectivity index (χ1v) is 17.9. The van der Waals surface area contributed by atoms with Gasteiger partial charge in [-0.15, -0.1) is 0 Å². The van der Waals surface area contributed by atoms with Crippen molar-refractivity contribution in [3.63, 3.8) is 0 Å². The van der Waals surface area contributed by atoms with Crippen LogP contribution in [0.4, 0.5) is 17.1 Å². The molecule has 0 N–H and O–H groups in total. The summed E-state index contributed by atoms with van der Waals surface area (Å²) < 4.78 is 2.38. The van der Waals surface area contributed by atoms with E-state index in [9.17, 15) is 0 Å². The largest absolute Gasteiger partial charge is 0.310 e. The van der Waals surface area contributed by atoms with E-state index in [0.717, 1.165) is 22.7 Å². The maximum absolute atomic E-state index is 2.40. The molecule has 0 spiro atoms. The highest BCUT2D eigenvalue weighted by atomic mass is 15.1. The Balaban J connectivity index is 1.15. The van der Waals surface area contributed by atoms with Crippen LogP contribution in [0.3, 0.4) is 0 Å². The molecule has 2 heteroatoms. The lowest BCUT2D eigenvalue weighted by Gasteiger charge is -2.28. The maximum atomic E-state index is 2.40. The standard InChI is InChI=1S/C50H34N2/c1-2-13-35(14-3-1)36-25-28-38(29-26-36)51(39-30-32-40(33-31-39)52-49-23-10-7-18-46(49)47-19-8-11-24-50(47)52)48-22-9-6-17-45(48)43-21-12-20-42-41-16-5-4-15-37(41)27-34-44(42)43/h1-34H. The van der Waals surface area contributed by atoms with E-state index in [1.807, 2.05) is 0 Å². The summed E-state index contributed by atoms with van der Waals surface area (Å²) in [5.74, 6) is 0. The van der Waals surface area contributed by atoms with Crippen LogP contribution in [-0.4, -0.2) is 4.57 Å². The van der Waals surface area contributed by atoms with Gasteiger partial charge >= 0.3 is 0 Å². The number of nitrogens with zero attached hydrogens (tertiary/aromatic N) is 2. The fourth-order valence-electron chi connectivity index (χ4n) is 7.98. The third-order valence-corrected chi connectivity index (χ3v) is 10.4. The molecule has 0 amide bonds. The molecule has 10 rings (SSSR count). The normalized spacial score (nSPS) is 11.5. The molecule has 1 heterocycles. The van der Waals surface area contributed by atoms with Crippen LogP contribution in [0.15, 0.2) is 206 Å². The number of rotatable bonds is 6. The summed E-state index contributed by atoms with van der Waals surface area (Å²) in [6, 6.07) is 74.7. The minimum Gasteiger partial charge on any atom is -0.310 e. The van der Waals surface area contributed by atoms with E-state index >= 15 is 0 Å². The Morgan fingerprint density at radius 1 is 0.308 bits per heavy atom. The zero-order valence-corrected chi connectivity index (χ0v) is 28.5. The number of para-hydroxylation sites is 3. The predicted molar refractivity (Wildman–Crippen MR) is 221 cm³/mol. The third-order valence-electron chi connectivity index (χ3n) is 10.4. The fraction of sp³-hybridized carbons (Fsp3) is 0. The molecule has 0 aliphatic rings. The van der Waals surface area contributed by atoms with Crippen LogP contribution in [0.5, 0.6) is 0 Å². The fourth-order valence-corrected chi connectivity index (χ4v) is 7.98. The Kier molecular flexibility index (Phi) is 7.18. The molecular formula is C50H34N2. The van der Waals surface area contributed by atoms with E-state index in [0.29, 0.717) is 0 Å². The summed E-state index contributed by atoms with van der Waals surface area (Å²) in [7, 11) is 0. The van der Waals surface area contributed by atoms with Gasteiger partial charge < -0.3 is 9.47 Å². The van der Waals surface area contributed by atoms with E-state index in [2.05, 4.69) is 216 Å². The average Bonchev–Trinajstić information content (AvgIpc) is 3.56. The van der Waals surface area contributed by atoms with Crippen molar-refractivity contribution < 1.29 is 0 Å². The molecule has 1 aromatic heterocycles. The van der Waals surface area contributed by atoms with Gasteiger partial charge in [-0.2, -0.15) is 0 Å². The number of fused-ring (bicyclic) bond motifs is 6. The number of hydrogen-bond acceptors (Lipinski definition) is 1. The Morgan fingerprint density at radius 2 is 0.846 bits per heavy atom. The topological polar surface area (TPSA) is 8.17 Å². The SMILES string of the molecule is c1ccc(-c2ccc(N(c3ccc(-n4c5ccccc5c5ccccc54)cc3)c3ccccc3-c3cccc4c3ccc3ccccc34)cc2)cc1. The van der Waals surface area contributed by atoms with Gasteiger partial charge in [0.1, 0.15) is 0 Å². The summed E-state index contributed by atoms with van der Waals surface area (Å²) in [6.07, 6.45) is 0. The number of hydrogen-bond donors (Lipinski definition) is 0. The molecule has 0 aliphatic carbocycles. The van der Waals surface area contributed by atoms with Crippen LogP contribution in [0.2, 0.25) is 0 Å². The minimum atomic E-state index is 1.09. The Morgan fingerprint density at radius 3 is 1.58 bits per heavy atom. The van der Waals surface area contributed by atoms with Crippen LogP contribution in [0, 0.1) is 0 Å². The molecule has 52 heavy (non-hydrogen) atoms. The first-order valence-electron chi connectivity index (χ1n) is 17.9. The lowest BCUT2D eigenvalue weighted by Crippen LogP contribution is -2.11. The average molecular weight is 663 g/mol. The number of anilines is 3. The van der Waals surface area contributed by atoms with Gasteiger partial charge in [0.15, 0.2) is 0 Å². The van der Waals surface area contributed by atoms with Crippen molar-refractivity contribution in [3.8, 4) is 27.9 Å². The van der Waals surface area contributed by atoms with Crippen molar-refractivity contribution in [2.45, 2.75) is 0 Å². The molecule has 0 unspecified atom stereocenters. The summed E-state index contributed by atoms with van der Waals surface area (Å²) in [5.41, 5.74) is 11.7. The molecule has 0 bridgehead atoms. The van der Waals surface area contributed by atoms with Gasteiger partial charge in [-0.1, -0.05) is 152 Å². The van der Waals surface area contributed by atoms with Gasteiger partial charge in [0.2, 0.25) is 0 Å². The molecule has 9 aromatic carbocycles. The highest BCUT2D eigenvalue weighted by molar-refractivity contribution is 6.13. The molecule has 244 valence electrons. The van der Waals surface area contributed by atoms with Crippen molar-refractivity contribution in [1.29, 1.82) is 0 Å². The minimum absolute atomic E-state index is 1.09. The van der Waals surface area contributed by atoms with Crippen LogP contribution < -0.4 is 4.90 Å². The molecule has 0 saturated heterocycles. The summed E-state index contributed by atoms with van der Waals surface area (Å²) in [5, 5.41) is 7.56. The third kappa shape index (κ3) is 4.96. The second-order valence-corrected chi connectivity index (χ2v) is 13.3. The maximum Gasteiger partial charge on any atom is 0.0541 e. The summed E-state index contributed by atoms with van der Waals surface area (Å²) >= 11 is 0. The van der Waals surface area contributed by atoms with Gasteiger partial charge in [-0.05, 0) is 92.8 Å². The Hall–Kier alpha value is -6.90. The van der Waals surface area contributed by atoms with E-state index in [1.54, 1.807) is 0 Å². The zero-order chi connectivity index (χ0) is 34.4. The molecule has 0 radical (unpaired) electrons. The van der Waals surface area contributed by atoms with Crippen molar-refractivity contribution >= 4 is 60.4 Å². The van der Waals surface area contributed by atoms with Gasteiger partial charge in [-0.25, -0.2) is 0 Å². The van der Waals surface area contributed by atoms with Crippen molar-refractivity contribution in [2.24, 2.45) is 0 Å². The van der Waals surface area contributed by atoms with Crippen molar-refractivity contribution in [2.75, 3.05) is 4.90 Å². The zero-order valence-electron chi connectivity index (χ0n) is 28.5. The van der Waals surface area contributed by atoms with Crippen LogP contribution in [0.1, 0.15) is 0 Å². The molecule has 0 aliphatic heterocycles. The molecule has 0 atom stereocenters. The molecule has 0 fully saturated rings. The lowest BCUT2D eigenvalue weighted by molar-refractivity contribution is 1.17. The summed E-state index contributed by atoms with van der Waals surface area (Å²) in [6.45, 7) is 0. The van der Waals surface area contributed by atoms with Crippen LogP contribution in [-0.2, 0) is 0 Å². The van der Waals surface area contributed by atoms with Crippen molar-refractivity contribution in [3.05, 3.63) is 206 Å². The second-order valence-electron chi connectivity index (χ2n) is 13.3. The smallest absolute Gasteiger partial charge is 0.0541 e. The van der Waals surface area contributed by atoms with E-state index in [-0.39, 0.29) is 0 Å². The van der Waals surface area contributed by atoms with Crippen LogP contribution >= 0.6 is 0 Å². The quantitative estimate of drug-likeness (QED) is 0.161. The predicted octanol–water partition coefficient (Wildman–Crippen LogP) is 13.9. The Bertz CT molecular complexity index is 2830. The van der Waals surface area contributed by atoms with Gasteiger partial charge in [0.25, 0.3) is 0 Å². The van der Waals surface area contributed by atoms with E-state index in [4.69, 9.17) is 0 Å². The highest BCUT2D eigenvalue weighted by Crippen LogP contribution is 2.44.